The molecule has 9 heteroatoms. The highest BCUT2D eigenvalue weighted by Crippen LogP contribution is 2.34. The second-order valence-corrected chi connectivity index (χ2v) is 8.14. The smallest absolute Gasteiger partial charge is 0.240 e. The third-order valence-corrected chi connectivity index (χ3v) is 5.98. The Morgan fingerprint density at radius 1 is 1.16 bits per heavy atom. The first-order valence-electron chi connectivity index (χ1n) is 10.1. The van der Waals surface area contributed by atoms with Crippen molar-refractivity contribution in [3.8, 4) is 22.8 Å². The zero-order valence-corrected chi connectivity index (χ0v) is 18.5. The molecule has 1 aliphatic rings. The molecule has 1 amide bonds. The van der Waals surface area contributed by atoms with Gasteiger partial charge in [0.05, 0.1) is 39.3 Å². The van der Waals surface area contributed by atoms with Gasteiger partial charge in [-0.2, -0.15) is 0 Å². The number of rotatable bonds is 8. The van der Waals surface area contributed by atoms with Crippen molar-refractivity contribution in [1.29, 1.82) is 0 Å². The van der Waals surface area contributed by atoms with Crippen molar-refractivity contribution in [2.24, 2.45) is 0 Å². The fraction of sp³-hybridized carbons (Fsp3) is 0.364. The van der Waals surface area contributed by atoms with Gasteiger partial charge in [0.15, 0.2) is 5.13 Å². The highest BCUT2D eigenvalue weighted by molar-refractivity contribution is 7.14. The maximum Gasteiger partial charge on any atom is 0.240 e. The lowest BCUT2D eigenvalue weighted by Crippen LogP contribution is -2.48. The predicted molar refractivity (Wildman–Crippen MR) is 120 cm³/mol. The molecule has 2 aromatic heterocycles. The zero-order chi connectivity index (χ0) is 21.6. The molecule has 3 heterocycles. The fourth-order valence-corrected chi connectivity index (χ4v) is 4.28. The van der Waals surface area contributed by atoms with Crippen LogP contribution in [-0.4, -0.2) is 67.6 Å². The number of carbonyl (C=O) groups is 1. The first-order valence-corrected chi connectivity index (χ1v) is 11.0. The average Bonchev–Trinajstić information content (AvgIpc) is 3.47. The van der Waals surface area contributed by atoms with Gasteiger partial charge in [0.25, 0.3) is 0 Å². The van der Waals surface area contributed by atoms with Crippen LogP contribution in [-0.2, 0) is 11.3 Å². The Kier molecular flexibility index (Phi) is 6.86. The van der Waals surface area contributed by atoms with E-state index in [0.29, 0.717) is 23.2 Å². The van der Waals surface area contributed by atoms with Crippen molar-refractivity contribution in [3.63, 3.8) is 0 Å². The minimum atomic E-state index is -0.0536. The third kappa shape index (κ3) is 5.43. The Morgan fingerprint density at radius 2 is 1.97 bits per heavy atom. The van der Waals surface area contributed by atoms with E-state index in [2.05, 4.69) is 20.1 Å². The summed E-state index contributed by atoms with van der Waals surface area (Å²) in [4.78, 5) is 21.6. The first kappa shape index (κ1) is 21.4. The van der Waals surface area contributed by atoms with Gasteiger partial charge in [-0.3, -0.25) is 14.6 Å². The number of nitrogens with zero attached hydrogens (tertiary/aromatic N) is 3. The van der Waals surface area contributed by atoms with Crippen LogP contribution in [0.3, 0.4) is 0 Å². The molecule has 0 radical (unpaired) electrons. The van der Waals surface area contributed by atoms with Crippen LogP contribution in [0.25, 0.3) is 11.3 Å². The van der Waals surface area contributed by atoms with E-state index in [1.165, 1.54) is 11.3 Å². The molecule has 1 aromatic carbocycles. The number of aromatic nitrogens is 1. The van der Waals surface area contributed by atoms with Gasteiger partial charge in [0.1, 0.15) is 17.3 Å². The van der Waals surface area contributed by atoms with Crippen molar-refractivity contribution in [2.45, 2.75) is 6.54 Å². The van der Waals surface area contributed by atoms with E-state index in [1.807, 2.05) is 35.7 Å². The van der Waals surface area contributed by atoms with Gasteiger partial charge in [0, 0.05) is 43.2 Å². The van der Waals surface area contributed by atoms with Crippen molar-refractivity contribution in [1.82, 2.24) is 14.8 Å². The number of thiazole rings is 1. The molecule has 0 atom stereocenters. The minimum absolute atomic E-state index is 0.0536. The molecule has 1 fully saturated rings. The monoisotopic (exact) mass is 442 g/mol. The molecule has 164 valence electrons. The van der Waals surface area contributed by atoms with Crippen LogP contribution >= 0.6 is 11.3 Å². The van der Waals surface area contributed by atoms with Gasteiger partial charge in [0.2, 0.25) is 5.91 Å². The number of nitrogens with one attached hydrogen (secondary N) is 1. The topological polar surface area (TPSA) is 80.1 Å². The summed E-state index contributed by atoms with van der Waals surface area (Å²) in [5.74, 6) is 2.31. The van der Waals surface area contributed by atoms with Gasteiger partial charge in [-0.15, -0.1) is 11.3 Å². The number of methoxy groups -OCH3 is 2. The molecule has 1 N–H and O–H groups in total. The summed E-state index contributed by atoms with van der Waals surface area (Å²) < 4.78 is 16.1. The van der Waals surface area contributed by atoms with Gasteiger partial charge >= 0.3 is 0 Å². The summed E-state index contributed by atoms with van der Waals surface area (Å²) >= 11 is 1.40. The number of hydrogen-bond acceptors (Lipinski definition) is 8. The van der Waals surface area contributed by atoms with E-state index in [9.17, 15) is 4.79 Å². The van der Waals surface area contributed by atoms with Crippen molar-refractivity contribution in [2.75, 3.05) is 52.3 Å². The molecule has 8 nitrogen and oxygen atoms in total. The summed E-state index contributed by atoms with van der Waals surface area (Å²) in [7, 11) is 3.23. The molecule has 31 heavy (non-hydrogen) atoms. The Morgan fingerprint density at radius 3 is 2.68 bits per heavy atom. The highest BCUT2D eigenvalue weighted by Gasteiger charge is 2.20. The standard InChI is InChI=1S/C22H26N4O4S/c1-28-16-5-6-18(20(12-16)29-2)19-15-31-22(23-19)24-21(27)14-26-9-7-25(8-10-26)13-17-4-3-11-30-17/h3-6,11-12,15H,7-10,13-14H2,1-2H3,(H,23,24,27). The lowest BCUT2D eigenvalue weighted by atomic mass is 10.1. The molecular formula is C22H26N4O4S. The molecule has 3 aromatic rings. The van der Waals surface area contributed by atoms with E-state index in [1.54, 1.807) is 20.5 Å². The number of anilines is 1. The molecule has 1 saturated heterocycles. The van der Waals surface area contributed by atoms with E-state index in [-0.39, 0.29) is 5.91 Å². The van der Waals surface area contributed by atoms with Gasteiger partial charge in [-0.25, -0.2) is 4.98 Å². The molecule has 0 unspecified atom stereocenters. The Labute approximate surface area is 185 Å². The largest absolute Gasteiger partial charge is 0.497 e. The van der Waals surface area contributed by atoms with Crippen molar-refractivity contribution in [3.05, 3.63) is 47.7 Å². The number of ether oxygens (including phenoxy) is 2. The Hall–Kier alpha value is -2.88. The van der Waals surface area contributed by atoms with Gasteiger partial charge < -0.3 is 19.2 Å². The second-order valence-electron chi connectivity index (χ2n) is 7.28. The number of hydrogen-bond donors (Lipinski definition) is 1. The maximum absolute atomic E-state index is 12.5. The molecule has 0 saturated carbocycles. The minimum Gasteiger partial charge on any atom is -0.497 e. The third-order valence-electron chi connectivity index (χ3n) is 5.23. The zero-order valence-electron chi connectivity index (χ0n) is 17.7. The summed E-state index contributed by atoms with van der Waals surface area (Å²) in [6, 6.07) is 9.48. The van der Waals surface area contributed by atoms with Crippen LogP contribution in [0.4, 0.5) is 5.13 Å². The van der Waals surface area contributed by atoms with E-state index in [0.717, 1.165) is 49.7 Å². The number of benzene rings is 1. The van der Waals surface area contributed by atoms with Gasteiger partial charge in [-0.05, 0) is 24.3 Å². The Balaban J connectivity index is 1.29. The molecule has 0 bridgehead atoms. The van der Waals surface area contributed by atoms with Crippen LogP contribution in [0.15, 0.2) is 46.4 Å². The number of carbonyl (C=O) groups excluding carboxylic acids is 1. The lowest BCUT2D eigenvalue weighted by molar-refractivity contribution is -0.117. The second kappa shape index (κ2) is 9.95. The number of piperazine rings is 1. The summed E-state index contributed by atoms with van der Waals surface area (Å²) in [5, 5.41) is 5.41. The summed E-state index contributed by atoms with van der Waals surface area (Å²) in [6.45, 7) is 4.68. The molecule has 1 aliphatic heterocycles. The van der Waals surface area contributed by atoms with Crippen LogP contribution in [0.2, 0.25) is 0 Å². The van der Waals surface area contributed by atoms with Crippen molar-refractivity contribution < 1.29 is 18.7 Å². The van der Waals surface area contributed by atoms with Crippen LogP contribution in [0.5, 0.6) is 11.5 Å². The van der Waals surface area contributed by atoms with Crippen molar-refractivity contribution >= 4 is 22.4 Å². The van der Waals surface area contributed by atoms with E-state index in [4.69, 9.17) is 13.9 Å². The molecule has 0 aliphatic carbocycles. The molecular weight excluding hydrogens is 416 g/mol. The normalized spacial score (nSPS) is 15.0. The van der Waals surface area contributed by atoms with E-state index < -0.39 is 0 Å². The van der Waals surface area contributed by atoms with Crippen LogP contribution in [0.1, 0.15) is 5.76 Å². The maximum atomic E-state index is 12.5. The molecule has 0 spiro atoms. The number of amides is 1. The average molecular weight is 443 g/mol. The van der Waals surface area contributed by atoms with Crippen LogP contribution in [0, 0.1) is 0 Å². The Bertz CT molecular complexity index is 997. The summed E-state index contributed by atoms with van der Waals surface area (Å²) in [5.41, 5.74) is 1.61. The fourth-order valence-electron chi connectivity index (χ4n) is 3.56. The summed E-state index contributed by atoms with van der Waals surface area (Å²) in [6.07, 6.45) is 1.70. The lowest BCUT2D eigenvalue weighted by Gasteiger charge is -2.33. The first-order chi connectivity index (χ1) is 15.1. The highest BCUT2D eigenvalue weighted by atomic mass is 32.1. The van der Waals surface area contributed by atoms with Gasteiger partial charge in [-0.1, -0.05) is 0 Å². The van der Waals surface area contributed by atoms with Crippen LogP contribution < -0.4 is 14.8 Å². The quantitative estimate of drug-likeness (QED) is 0.574. The predicted octanol–water partition coefficient (Wildman–Crippen LogP) is 3.18. The molecule has 4 rings (SSSR count). The van der Waals surface area contributed by atoms with E-state index >= 15 is 0 Å². The number of furan rings is 1. The SMILES string of the molecule is COc1ccc(-c2csc(NC(=O)CN3CCN(Cc4ccco4)CC3)n2)c(OC)c1.